The summed E-state index contributed by atoms with van der Waals surface area (Å²) in [6, 6.07) is 0.616. The van der Waals surface area contributed by atoms with Crippen LogP contribution in [0.25, 0.3) is 0 Å². The van der Waals surface area contributed by atoms with E-state index in [2.05, 4.69) is 26.1 Å². The fourth-order valence-electron chi connectivity index (χ4n) is 3.85. The lowest BCUT2D eigenvalue weighted by atomic mass is 9.71. The summed E-state index contributed by atoms with van der Waals surface area (Å²) >= 11 is 0. The van der Waals surface area contributed by atoms with Gasteiger partial charge in [0.25, 0.3) is 0 Å². The van der Waals surface area contributed by atoms with Gasteiger partial charge in [0, 0.05) is 19.1 Å². The summed E-state index contributed by atoms with van der Waals surface area (Å²) in [4.78, 5) is 14.3. The van der Waals surface area contributed by atoms with Gasteiger partial charge in [-0.05, 0) is 57.8 Å². The molecule has 1 heterocycles. The Bertz CT molecular complexity index is 431. The van der Waals surface area contributed by atoms with Crippen LogP contribution in [-0.4, -0.2) is 55.0 Å². The normalized spacial score (nSPS) is 28.7. The van der Waals surface area contributed by atoms with Gasteiger partial charge < -0.3 is 14.8 Å². The van der Waals surface area contributed by atoms with Crippen molar-refractivity contribution in [3.8, 4) is 0 Å². The maximum Gasteiger partial charge on any atom is 0.410 e. The molecule has 1 aliphatic heterocycles. The summed E-state index contributed by atoms with van der Waals surface area (Å²) in [6.07, 6.45) is 4.80. The van der Waals surface area contributed by atoms with Crippen LogP contribution in [0.4, 0.5) is 4.79 Å². The third-order valence-corrected chi connectivity index (χ3v) is 5.45. The lowest BCUT2D eigenvalue weighted by Gasteiger charge is -2.39. The topological polar surface area (TPSA) is 50.8 Å². The first kappa shape index (κ1) is 20.5. The zero-order valence-electron chi connectivity index (χ0n) is 17.1. The zero-order valence-corrected chi connectivity index (χ0v) is 17.1. The highest BCUT2D eigenvalue weighted by Crippen LogP contribution is 2.37. The van der Waals surface area contributed by atoms with E-state index in [1.54, 1.807) is 0 Å². The Morgan fingerprint density at radius 3 is 2.32 bits per heavy atom. The Balaban J connectivity index is 1.81. The van der Waals surface area contributed by atoms with Crippen molar-refractivity contribution < 1.29 is 14.3 Å². The van der Waals surface area contributed by atoms with E-state index >= 15 is 0 Å². The summed E-state index contributed by atoms with van der Waals surface area (Å²) in [5.41, 5.74) is -0.0472. The maximum atomic E-state index is 12.4. The highest BCUT2D eigenvalue weighted by atomic mass is 16.6. The summed E-state index contributed by atoms with van der Waals surface area (Å²) in [5.74, 6) is 0.821. The Morgan fingerprint density at radius 2 is 1.76 bits per heavy atom. The molecule has 5 nitrogen and oxygen atoms in total. The van der Waals surface area contributed by atoms with Crippen molar-refractivity contribution in [1.29, 1.82) is 0 Å². The van der Waals surface area contributed by atoms with E-state index in [1.165, 1.54) is 25.7 Å². The van der Waals surface area contributed by atoms with Gasteiger partial charge in [0.2, 0.25) is 0 Å². The molecule has 1 N–H and O–H groups in total. The van der Waals surface area contributed by atoms with E-state index in [0.717, 1.165) is 12.5 Å². The first-order valence-electron chi connectivity index (χ1n) is 9.87. The van der Waals surface area contributed by atoms with E-state index in [0.29, 0.717) is 31.2 Å². The lowest BCUT2D eigenvalue weighted by Crippen LogP contribution is -2.55. The molecule has 0 bridgehead atoms. The monoisotopic (exact) mass is 354 g/mol. The maximum absolute atomic E-state index is 12.4. The number of amides is 1. The molecule has 1 amide bonds. The second-order valence-electron chi connectivity index (χ2n) is 9.73. The molecule has 1 atom stereocenters. The summed E-state index contributed by atoms with van der Waals surface area (Å²) in [7, 11) is 0. The number of carbonyl (C=O) groups excluding carboxylic acids is 1. The first-order valence-corrected chi connectivity index (χ1v) is 9.87. The van der Waals surface area contributed by atoms with Crippen LogP contribution >= 0.6 is 0 Å². The summed E-state index contributed by atoms with van der Waals surface area (Å²) < 4.78 is 11.2. The minimum atomic E-state index is -0.460. The van der Waals surface area contributed by atoms with Gasteiger partial charge in [-0.3, -0.25) is 4.90 Å². The van der Waals surface area contributed by atoms with Gasteiger partial charge in [-0.15, -0.1) is 0 Å². The van der Waals surface area contributed by atoms with Crippen molar-refractivity contribution in [2.45, 2.75) is 84.9 Å². The van der Waals surface area contributed by atoms with Crippen molar-refractivity contribution in [2.24, 2.45) is 11.3 Å². The molecule has 5 heteroatoms. The van der Waals surface area contributed by atoms with E-state index in [4.69, 9.17) is 9.47 Å². The predicted molar refractivity (Wildman–Crippen MR) is 101 cm³/mol. The minimum Gasteiger partial charge on any atom is -0.444 e. The zero-order chi connectivity index (χ0) is 18.7. The highest BCUT2D eigenvalue weighted by Gasteiger charge is 2.33. The molecule has 2 fully saturated rings. The predicted octanol–water partition coefficient (Wildman–Crippen LogP) is 3.82. The molecule has 146 valence electrons. The Morgan fingerprint density at radius 1 is 1.12 bits per heavy atom. The molecular weight excluding hydrogens is 316 g/mol. The molecule has 0 aromatic rings. The molecule has 0 aromatic carbocycles. The summed E-state index contributed by atoms with van der Waals surface area (Å²) in [5, 5.41) is 3.68. The van der Waals surface area contributed by atoms with Gasteiger partial charge in [-0.1, -0.05) is 20.8 Å². The molecule has 1 saturated heterocycles. The molecule has 2 aliphatic rings. The van der Waals surface area contributed by atoms with E-state index in [-0.39, 0.29) is 12.1 Å². The molecule has 1 unspecified atom stereocenters. The average Bonchev–Trinajstić information content (AvgIpc) is 2.51. The number of nitrogens with zero attached hydrogens (tertiary/aromatic N) is 1. The van der Waals surface area contributed by atoms with Gasteiger partial charge >= 0.3 is 6.09 Å². The summed E-state index contributed by atoms with van der Waals surface area (Å²) in [6.45, 7) is 15.3. The molecule has 0 spiro atoms. The first-order chi connectivity index (χ1) is 11.6. The highest BCUT2D eigenvalue weighted by molar-refractivity contribution is 5.68. The number of nitrogens with one attached hydrogen (secondary N) is 1. The fourth-order valence-corrected chi connectivity index (χ4v) is 3.85. The van der Waals surface area contributed by atoms with Gasteiger partial charge in [-0.25, -0.2) is 4.79 Å². The van der Waals surface area contributed by atoms with Crippen LogP contribution in [0.1, 0.15) is 67.2 Å². The molecule has 1 aliphatic carbocycles. The molecule has 1 saturated carbocycles. The average molecular weight is 355 g/mol. The largest absolute Gasteiger partial charge is 0.444 e. The van der Waals surface area contributed by atoms with Crippen LogP contribution in [0.5, 0.6) is 0 Å². The van der Waals surface area contributed by atoms with Crippen LogP contribution in [0, 0.1) is 11.3 Å². The number of hydrogen-bond acceptors (Lipinski definition) is 4. The van der Waals surface area contributed by atoms with E-state index in [9.17, 15) is 4.79 Å². The van der Waals surface area contributed by atoms with Gasteiger partial charge in [-0.2, -0.15) is 0 Å². The molecular formula is C20H38N2O3. The lowest BCUT2D eigenvalue weighted by molar-refractivity contribution is -0.0325. The number of ether oxygens (including phenoxy) is 2. The number of hydrogen-bond donors (Lipinski definition) is 1. The Labute approximate surface area is 153 Å². The smallest absolute Gasteiger partial charge is 0.410 e. The van der Waals surface area contributed by atoms with Gasteiger partial charge in [0.15, 0.2) is 0 Å². The van der Waals surface area contributed by atoms with Crippen molar-refractivity contribution in [3.05, 3.63) is 0 Å². The van der Waals surface area contributed by atoms with Crippen molar-refractivity contribution >= 4 is 6.09 Å². The molecule has 2 rings (SSSR count). The van der Waals surface area contributed by atoms with Gasteiger partial charge in [0.05, 0.1) is 19.3 Å². The minimum absolute atomic E-state index is 0.0592. The second-order valence-corrected chi connectivity index (χ2v) is 9.73. The Hall–Kier alpha value is -0.810. The Kier molecular flexibility index (Phi) is 6.77. The molecule has 0 aromatic heterocycles. The number of carbonyl (C=O) groups is 1. The van der Waals surface area contributed by atoms with Crippen molar-refractivity contribution in [2.75, 3.05) is 26.3 Å². The standard InChI is InChI=1S/C20H38N2O3/c1-19(2,3)15-7-9-16(10-8-15)21-13-17-14-24-12-11-22(17)18(23)25-20(4,5)6/h15-17,21H,7-14H2,1-6H3. The SMILES string of the molecule is CC(C)(C)OC(=O)N1CCOCC1CNC1CCC(C(C)(C)C)CC1. The van der Waals surface area contributed by atoms with Crippen LogP contribution in [0.3, 0.4) is 0 Å². The quantitative estimate of drug-likeness (QED) is 0.837. The third-order valence-electron chi connectivity index (χ3n) is 5.45. The fraction of sp³-hybridized carbons (Fsp3) is 0.950. The van der Waals surface area contributed by atoms with Crippen molar-refractivity contribution in [1.82, 2.24) is 10.2 Å². The number of rotatable bonds is 3. The number of morpholine rings is 1. The molecule has 0 radical (unpaired) electrons. The van der Waals surface area contributed by atoms with Crippen LogP contribution < -0.4 is 5.32 Å². The van der Waals surface area contributed by atoms with Crippen LogP contribution in [-0.2, 0) is 9.47 Å². The van der Waals surface area contributed by atoms with Crippen LogP contribution in [0.2, 0.25) is 0 Å². The van der Waals surface area contributed by atoms with Crippen molar-refractivity contribution in [3.63, 3.8) is 0 Å². The molecule has 25 heavy (non-hydrogen) atoms. The second kappa shape index (κ2) is 8.26. The van der Waals surface area contributed by atoms with E-state index in [1.807, 2.05) is 25.7 Å². The third kappa shape index (κ3) is 6.45. The van der Waals surface area contributed by atoms with Crippen LogP contribution in [0.15, 0.2) is 0 Å². The van der Waals surface area contributed by atoms with E-state index < -0.39 is 5.60 Å². The van der Waals surface area contributed by atoms with Gasteiger partial charge in [0.1, 0.15) is 5.60 Å².